The average Bonchev–Trinajstić information content (AvgIpc) is 3.92. The summed E-state index contributed by atoms with van der Waals surface area (Å²) in [6.45, 7) is 0. The second kappa shape index (κ2) is 14.6. The van der Waals surface area contributed by atoms with Crippen LogP contribution in [0.1, 0.15) is 22.9 Å². The van der Waals surface area contributed by atoms with Crippen LogP contribution in [0.4, 0.5) is 0 Å². The number of aliphatic imine (C=N–C) groups is 2. The highest BCUT2D eigenvalue weighted by Crippen LogP contribution is 2.43. The molecule has 308 valence electrons. The highest BCUT2D eigenvalue weighted by atomic mass is 32.1. The Morgan fingerprint density at radius 1 is 0.409 bits per heavy atom. The molecule has 1 N–H and O–H groups in total. The van der Waals surface area contributed by atoms with Gasteiger partial charge in [-0.25, -0.2) is 9.98 Å². The van der Waals surface area contributed by atoms with Crippen LogP contribution in [0.15, 0.2) is 228 Å². The maximum Gasteiger partial charge on any atom is 0.159 e. The summed E-state index contributed by atoms with van der Waals surface area (Å²) in [5.74, 6) is 1.48. The van der Waals surface area contributed by atoms with Gasteiger partial charge in [-0.15, -0.1) is 11.3 Å². The number of hydrogen-bond acceptors (Lipinski definition) is 4. The molecule has 1 atom stereocenters. The Balaban J connectivity index is 1.03. The van der Waals surface area contributed by atoms with Crippen molar-refractivity contribution in [3.63, 3.8) is 0 Å². The van der Waals surface area contributed by atoms with Crippen molar-refractivity contribution >= 4 is 108 Å². The van der Waals surface area contributed by atoms with Crippen LogP contribution in [-0.4, -0.2) is 16.2 Å². The minimum Gasteiger partial charge on any atom is -0.344 e. The maximum atomic E-state index is 5.45. The van der Waals surface area contributed by atoms with E-state index in [1.807, 2.05) is 11.3 Å². The second-order valence-electron chi connectivity index (χ2n) is 17.4. The molecule has 0 saturated heterocycles. The third-order valence-electron chi connectivity index (χ3n) is 13.6. The first-order chi connectivity index (χ1) is 32.7. The molecule has 14 rings (SSSR count). The second-order valence-corrected chi connectivity index (χ2v) is 18.5. The van der Waals surface area contributed by atoms with Crippen LogP contribution >= 0.6 is 11.3 Å². The molecule has 4 nitrogen and oxygen atoms in total. The fourth-order valence-electron chi connectivity index (χ4n) is 10.3. The van der Waals surface area contributed by atoms with E-state index in [-0.39, 0.29) is 6.17 Å². The van der Waals surface area contributed by atoms with E-state index in [1.54, 1.807) is 0 Å². The van der Waals surface area contributed by atoms with E-state index in [2.05, 4.69) is 228 Å². The van der Waals surface area contributed by atoms with Gasteiger partial charge in [0.1, 0.15) is 12.0 Å². The van der Waals surface area contributed by atoms with Gasteiger partial charge in [0.2, 0.25) is 0 Å². The lowest BCUT2D eigenvalue weighted by molar-refractivity contribution is 0.675. The van der Waals surface area contributed by atoms with Crippen LogP contribution in [-0.2, 0) is 0 Å². The van der Waals surface area contributed by atoms with Gasteiger partial charge >= 0.3 is 0 Å². The molecule has 0 bridgehead atoms. The molecule has 1 aliphatic rings. The standard InChI is InChI=1S/C61H38N4S/c1-3-14-40-31-45(23-21-37(40)11-1)59-62-60(46-24-22-38-12-2-4-15-41(38)32-46)64-61(63-59)47-27-29-53(51(34-47)44-25-28-50-49-19-9-10-20-56(49)66-57(50)36-44)65-54-30-26-39-13-7-8-18-48(39)58(54)52-33-42-16-5-6-17-43(42)35-55(52)65/h1-36,59H,(H,62,63,64). The van der Waals surface area contributed by atoms with Gasteiger partial charge < -0.3 is 9.88 Å². The van der Waals surface area contributed by atoms with Crippen LogP contribution < -0.4 is 5.32 Å². The smallest absolute Gasteiger partial charge is 0.159 e. The molecule has 0 fully saturated rings. The first-order valence-corrected chi connectivity index (χ1v) is 23.3. The van der Waals surface area contributed by atoms with Crippen LogP contribution in [0.5, 0.6) is 0 Å². The Hall–Kier alpha value is -8.38. The van der Waals surface area contributed by atoms with Crippen molar-refractivity contribution in [2.24, 2.45) is 9.98 Å². The number of benzene rings is 11. The number of amidine groups is 2. The summed E-state index contributed by atoms with van der Waals surface area (Å²) in [7, 11) is 0. The van der Waals surface area contributed by atoms with Crippen molar-refractivity contribution in [2.45, 2.75) is 6.17 Å². The molecule has 1 unspecified atom stereocenters. The first-order valence-electron chi connectivity index (χ1n) is 22.5. The minimum absolute atomic E-state index is 0.361. The van der Waals surface area contributed by atoms with E-state index in [1.165, 1.54) is 85.1 Å². The summed E-state index contributed by atoms with van der Waals surface area (Å²) >= 11 is 1.85. The van der Waals surface area contributed by atoms with Gasteiger partial charge in [0.25, 0.3) is 0 Å². The van der Waals surface area contributed by atoms with Crippen molar-refractivity contribution in [1.29, 1.82) is 0 Å². The highest BCUT2D eigenvalue weighted by molar-refractivity contribution is 7.25. The SMILES string of the molecule is c1ccc2cc(C3=NC(c4ccc(-n5c6cc7ccccc7cc6c6c7ccccc7ccc65)c(-c5ccc6c(c5)sc5ccccc56)c4)=NC(c4ccc5ccccc5c4)N3)ccc2c1. The van der Waals surface area contributed by atoms with Crippen LogP contribution in [0.3, 0.4) is 0 Å². The van der Waals surface area contributed by atoms with Crippen LogP contribution in [0.2, 0.25) is 0 Å². The van der Waals surface area contributed by atoms with Crippen molar-refractivity contribution in [3.8, 4) is 16.8 Å². The molecule has 0 spiro atoms. The number of nitrogens with one attached hydrogen (secondary N) is 1. The summed E-state index contributed by atoms with van der Waals surface area (Å²) in [5.41, 5.74) is 8.74. The summed E-state index contributed by atoms with van der Waals surface area (Å²) in [6, 6.07) is 79.6. The van der Waals surface area contributed by atoms with Gasteiger partial charge in [0.15, 0.2) is 5.84 Å². The monoisotopic (exact) mass is 858 g/mol. The highest BCUT2D eigenvalue weighted by Gasteiger charge is 2.24. The third-order valence-corrected chi connectivity index (χ3v) is 14.7. The molecule has 1 aliphatic heterocycles. The Labute approximate surface area is 384 Å². The number of aromatic nitrogens is 1. The zero-order valence-electron chi connectivity index (χ0n) is 35.6. The lowest BCUT2D eigenvalue weighted by Gasteiger charge is -2.24. The third kappa shape index (κ3) is 5.91. The first kappa shape index (κ1) is 37.0. The van der Waals surface area contributed by atoms with Gasteiger partial charge in [-0.2, -0.15) is 0 Å². The quantitative estimate of drug-likeness (QED) is 0.184. The van der Waals surface area contributed by atoms with E-state index in [4.69, 9.17) is 9.98 Å². The lowest BCUT2D eigenvalue weighted by Crippen LogP contribution is -2.33. The summed E-state index contributed by atoms with van der Waals surface area (Å²) in [6.07, 6.45) is -0.361. The Bertz CT molecular complexity index is 4230. The Morgan fingerprint density at radius 3 is 1.85 bits per heavy atom. The Kier molecular flexibility index (Phi) is 8.18. The van der Waals surface area contributed by atoms with Crippen LogP contribution in [0.25, 0.3) is 102 Å². The van der Waals surface area contributed by atoms with Crippen molar-refractivity contribution in [3.05, 3.63) is 235 Å². The molecule has 0 radical (unpaired) electrons. The Morgan fingerprint density at radius 2 is 1.03 bits per heavy atom. The van der Waals surface area contributed by atoms with E-state index in [9.17, 15) is 0 Å². The minimum atomic E-state index is -0.361. The number of nitrogens with zero attached hydrogens (tertiary/aromatic N) is 3. The molecule has 2 aromatic heterocycles. The van der Waals surface area contributed by atoms with Gasteiger partial charge in [-0.3, -0.25) is 0 Å². The molecule has 11 aromatic carbocycles. The molecular weight excluding hydrogens is 821 g/mol. The molecule has 66 heavy (non-hydrogen) atoms. The predicted molar refractivity (Wildman–Crippen MR) is 281 cm³/mol. The molecule has 0 aliphatic carbocycles. The van der Waals surface area contributed by atoms with Gasteiger partial charge in [0, 0.05) is 47.6 Å². The fraction of sp³-hybridized carbons (Fsp3) is 0.0164. The van der Waals surface area contributed by atoms with Gasteiger partial charge in [-0.05, 0) is 115 Å². The zero-order chi connectivity index (χ0) is 43.3. The summed E-state index contributed by atoms with van der Waals surface area (Å²) in [4.78, 5) is 10.8. The largest absolute Gasteiger partial charge is 0.344 e. The molecule has 0 amide bonds. The molecule has 0 saturated carbocycles. The van der Waals surface area contributed by atoms with Crippen molar-refractivity contribution in [2.75, 3.05) is 0 Å². The lowest BCUT2D eigenvalue weighted by atomic mass is 9.98. The van der Waals surface area contributed by atoms with Crippen molar-refractivity contribution < 1.29 is 0 Å². The van der Waals surface area contributed by atoms with Crippen LogP contribution in [0, 0.1) is 0 Å². The van der Waals surface area contributed by atoms with E-state index in [0.29, 0.717) is 5.84 Å². The van der Waals surface area contributed by atoms with E-state index < -0.39 is 0 Å². The summed E-state index contributed by atoms with van der Waals surface area (Å²) < 4.78 is 5.04. The predicted octanol–water partition coefficient (Wildman–Crippen LogP) is 15.9. The normalized spacial score (nSPS) is 14.2. The van der Waals surface area contributed by atoms with Crippen molar-refractivity contribution in [1.82, 2.24) is 9.88 Å². The molecule has 13 aromatic rings. The number of rotatable bonds is 5. The molecule has 5 heteroatoms. The maximum absolute atomic E-state index is 5.45. The van der Waals surface area contributed by atoms with Gasteiger partial charge in [0.05, 0.1) is 16.7 Å². The topological polar surface area (TPSA) is 41.7 Å². The average molecular weight is 859 g/mol. The fourth-order valence-corrected chi connectivity index (χ4v) is 11.5. The molecule has 3 heterocycles. The number of fused-ring (bicyclic) bond motifs is 11. The number of hydrogen-bond donors (Lipinski definition) is 1. The molecular formula is C61H38N4S. The van der Waals surface area contributed by atoms with E-state index in [0.717, 1.165) is 39.3 Å². The summed E-state index contributed by atoms with van der Waals surface area (Å²) in [5, 5.41) is 18.5. The van der Waals surface area contributed by atoms with E-state index >= 15 is 0 Å². The zero-order valence-corrected chi connectivity index (χ0v) is 36.4. The van der Waals surface area contributed by atoms with Gasteiger partial charge in [-0.1, -0.05) is 158 Å². The number of thiophene rings is 1.